The van der Waals surface area contributed by atoms with E-state index in [9.17, 15) is 9.18 Å². The highest BCUT2D eigenvalue weighted by Gasteiger charge is 2.41. The first-order valence-corrected chi connectivity index (χ1v) is 11.8. The number of benzene rings is 1. The third-order valence-electron chi connectivity index (χ3n) is 6.95. The quantitative estimate of drug-likeness (QED) is 0.448. The fourth-order valence-electron chi connectivity index (χ4n) is 5.29. The second-order valence-electron chi connectivity index (χ2n) is 8.95. The number of aromatic amines is 1. The minimum Gasteiger partial charge on any atom is -0.346 e. The highest BCUT2D eigenvalue weighted by Crippen LogP contribution is 2.40. The number of nitrogens with zero attached hydrogens (tertiary/aromatic N) is 3. The summed E-state index contributed by atoms with van der Waals surface area (Å²) in [5.74, 6) is -0.223. The Balaban J connectivity index is 1.27. The number of carbonyl (C=O) groups excluding carboxylic acids is 1. The Bertz CT molecular complexity index is 1370. The van der Waals surface area contributed by atoms with Gasteiger partial charge in [-0.05, 0) is 54.3 Å². The van der Waals surface area contributed by atoms with Crippen LogP contribution in [0.5, 0.6) is 0 Å². The van der Waals surface area contributed by atoms with Crippen LogP contribution in [0.3, 0.4) is 0 Å². The number of nitrogens with one attached hydrogen (secondary N) is 2. The van der Waals surface area contributed by atoms with Crippen molar-refractivity contribution in [3.63, 3.8) is 0 Å². The molecule has 3 atom stereocenters. The molecular weight excluding hydrogens is 453 g/mol. The van der Waals surface area contributed by atoms with Crippen molar-refractivity contribution in [2.75, 3.05) is 13.1 Å². The predicted octanol–water partition coefficient (Wildman–Crippen LogP) is 4.72. The molecule has 0 bridgehead atoms. The summed E-state index contributed by atoms with van der Waals surface area (Å²) < 4.78 is 14.0. The van der Waals surface area contributed by atoms with Crippen molar-refractivity contribution in [1.82, 2.24) is 25.2 Å². The molecule has 1 aromatic carbocycles. The number of halogens is 2. The first-order chi connectivity index (χ1) is 16.6. The van der Waals surface area contributed by atoms with Crippen molar-refractivity contribution in [3.8, 4) is 11.3 Å². The van der Waals surface area contributed by atoms with Crippen molar-refractivity contribution >= 4 is 28.5 Å². The Morgan fingerprint density at radius 2 is 2.09 bits per heavy atom. The summed E-state index contributed by atoms with van der Waals surface area (Å²) in [4.78, 5) is 27.4. The molecule has 6 rings (SSSR count). The minimum atomic E-state index is -0.827. The number of amides is 1. The Hall–Kier alpha value is -3.29. The monoisotopic (exact) mass is 475 g/mol. The van der Waals surface area contributed by atoms with Gasteiger partial charge in [0.2, 0.25) is 0 Å². The molecule has 4 aromatic rings. The Labute approximate surface area is 201 Å². The molecule has 34 heavy (non-hydrogen) atoms. The molecule has 1 saturated heterocycles. The Morgan fingerprint density at radius 1 is 1.18 bits per heavy atom. The lowest BCUT2D eigenvalue weighted by molar-refractivity contribution is 0.0904. The molecule has 0 unspecified atom stereocenters. The third-order valence-corrected chi connectivity index (χ3v) is 7.28. The number of rotatable bonds is 4. The highest BCUT2D eigenvalue weighted by molar-refractivity contribution is 6.31. The standard InChI is InChI=1S/C26H23ClFN5O/c27-20-3-1-2-15-12-22(33-11-8-17(28)14-33)24(23(15)20)32-26(34)16-4-5-21(31-13-16)18-6-9-29-25-19(18)7-10-30-25/h1-7,9-10,13,17,22,24H,8,11-12,14H2,(H,29,30)(H,32,34)/t17-,22+,24-/m0/s1. The van der Waals surface area contributed by atoms with Crippen LogP contribution in [-0.4, -0.2) is 51.1 Å². The van der Waals surface area contributed by atoms with Crippen LogP contribution in [0.1, 0.15) is 33.9 Å². The molecular formula is C26H23ClFN5O. The average Bonchev–Trinajstić information content (AvgIpc) is 3.58. The number of hydrogen-bond donors (Lipinski definition) is 2. The van der Waals surface area contributed by atoms with Crippen LogP contribution in [-0.2, 0) is 6.42 Å². The van der Waals surface area contributed by atoms with E-state index in [1.54, 1.807) is 18.5 Å². The zero-order chi connectivity index (χ0) is 23.2. The molecule has 3 aromatic heterocycles. The second kappa shape index (κ2) is 8.49. The lowest BCUT2D eigenvalue weighted by Gasteiger charge is -2.30. The van der Waals surface area contributed by atoms with Gasteiger partial charge in [0.1, 0.15) is 11.8 Å². The van der Waals surface area contributed by atoms with Gasteiger partial charge < -0.3 is 10.3 Å². The lowest BCUT2D eigenvalue weighted by atomic mass is 10.0. The van der Waals surface area contributed by atoms with Crippen LogP contribution in [0.15, 0.2) is 61.1 Å². The second-order valence-corrected chi connectivity index (χ2v) is 9.35. The van der Waals surface area contributed by atoms with E-state index in [1.165, 1.54) is 0 Å². The van der Waals surface area contributed by atoms with Crippen LogP contribution in [0.25, 0.3) is 22.3 Å². The third kappa shape index (κ3) is 3.65. The van der Waals surface area contributed by atoms with Crippen molar-refractivity contribution < 1.29 is 9.18 Å². The SMILES string of the molecule is O=C(N[C@@H]1c2c(Cl)cccc2C[C@H]1N1CC[C@H](F)C1)c1ccc(-c2ccnc3[nH]ccc23)nc1. The molecule has 172 valence electrons. The molecule has 0 saturated carbocycles. The molecule has 8 heteroatoms. The number of hydrogen-bond acceptors (Lipinski definition) is 4. The van der Waals surface area contributed by atoms with E-state index in [4.69, 9.17) is 11.6 Å². The number of fused-ring (bicyclic) bond motifs is 2. The summed E-state index contributed by atoms with van der Waals surface area (Å²) in [6.07, 6.45) is 5.60. The normalized spacial score (nSPS) is 22.2. The first kappa shape index (κ1) is 21.3. The Kier molecular flexibility index (Phi) is 5.31. The van der Waals surface area contributed by atoms with Crippen LogP contribution < -0.4 is 5.32 Å². The molecule has 1 amide bonds. The van der Waals surface area contributed by atoms with Gasteiger partial charge in [0.05, 0.1) is 17.3 Å². The number of aromatic nitrogens is 3. The summed E-state index contributed by atoms with van der Waals surface area (Å²) in [6.45, 7) is 1.07. The number of likely N-dealkylation sites (tertiary alicyclic amines) is 1. The van der Waals surface area contributed by atoms with Gasteiger partial charge in [-0.15, -0.1) is 0 Å². The number of carbonyl (C=O) groups is 1. The van der Waals surface area contributed by atoms with Crippen molar-refractivity contribution in [2.45, 2.75) is 31.1 Å². The summed E-state index contributed by atoms with van der Waals surface area (Å²) >= 11 is 6.56. The van der Waals surface area contributed by atoms with Crippen LogP contribution >= 0.6 is 11.6 Å². The maximum atomic E-state index is 14.0. The zero-order valence-electron chi connectivity index (χ0n) is 18.3. The van der Waals surface area contributed by atoms with Gasteiger partial charge in [-0.1, -0.05) is 23.7 Å². The van der Waals surface area contributed by atoms with Gasteiger partial charge in [-0.25, -0.2) is 9.37 Å². The van der Waals surface area contributed by atoms with E-state index in [0.29, 0.717) is 30.1 Å². The molecule has 1 aliphatic carbocycles. The number of pyridine rings is 2. The zero-order valence-corrected chi connectivity index (χ0v) is 19.1. The van der Waals surface area contributed by atoms with E-state index < -0.39 is 6.17 Å². The maximum Gasteiger partial charge on any atom is 0.253 e. The molecule has 1 aliphatic heterocycles. The first-order valence-electron chi connectivity index (χ1n) is 11.4. The smallest absolute Gasteiger partial charge is 0.253 e. The maximum absolute atomic E-state index is 14.0. The summed E-state index contributed by atoms with van der Waals surface area (Å²) in [5, 5.41) is 4.78. The Morgan fingerprint density at radius 3 is 2.88 bits per heavy atom. The van der Waals surface area contributed by atoms with Crippen LogP contribution in [0.2, 0.25) is 5.02 Å². The van der Waals surface area contributed by atoms with E-state index in [-0.39, 0.29) is 18.0 Å². The predicted molar refractivity (Wildman–Crippen MR) is 130 cm³/mol. The van der Waals surface area contributed by atoms with Crippen LogP contribution in [0.4, 0.5) is 4.39 Å². The molecule has 0 spiro atoms. The van der Waals surface area contributed by atoms with Gasteiger partial charge in [0, 0.05) is 53.7 Å². The number of H-pyrrole nitrogens is 1. The minimum absolute atomic E-state index is 0.0227. The summed E-state index contributed by atoms with van der Waals surface area (Å²) in [7, 11) is 0. The highest BCUT2D eigenvalue weighted by atomic mass is 35.5. The molecule has 1 fully saturated rings. The van der Waals surface area contributed by atoms with Crippen molar-refractivity contribution in [1.29, 1.82) is 0 Å². The van der Waals surface area contributed by atoms with Gasteiger partial charge in [-0.3, -0.25) is 14.7 Å². The molecule has 0 radical (unpaired) electrons. The van der Waals surface area contributed by atoms with Crippen molar-refractivity contribution in [3.05, 3.63) is 82.8 Å². The van der Waals surface area contributed by atoms with Gasteiger partial charge >= 0.3 is 0 Å². The fourth-order valence-corrected chi connectivity index (χ4v) is 5.60. The molecule has 6 nitrogen and oxygen atoms in total. The molecule has 2 N–H and O–H groups in total. The average molecular weight is 476 g/mol. The van der Waals surface area contributed by atoms with Gasteiger partial charge in [-0.2, -0.15) is 0 Å². The van der Waals surface area contributed by atoms with E-state index in [1.807, 2.05) is 42.6 Å². The summed E-state index contributed by atoms with van der Waals surface area (Å²) in [6, 6.07) is 13.0. The van der Waals surface area contributed by atoms with Gasteiger partial charge in [0.15, 0.2) is 0 Å². The molecule has 2 aliphatic rings. The van der Waals surface area contributed by atoms with E-state index in [0.717, 1.165) is 39.8 Å². The lowest BCUT2D eigenvalue weighted by Crippen LogP contribution is -2.44. The van der Waals surface area contributed by atoms with Crippen molar-refractivity contribution in [2.24, 2.45) is 0 Å². The van der Waals surface area contributed by atoms with Crippen LogP contribution in [0, 0.1) is 0 Å². The van der Waals surface area contributed by atoms with E-state index in [2.05, 4.69) is 25.2 Å². The fraction of sp³-hybridized carbons (Fsp3) is 0.269. The topological polar surface area (TPSA) is 73.9 Å². The van der Waals surface area contributed by atoms with E-state index >= 15 is 0 Å². The number of alkyl halides is 1. The molecule has 4 heterocycles. The largest absolute Gasteiger partial charge is 0.346 e. The summed E-state index contributed by atoms with van der Waals surface area (Å²) in [5.41, 5.74) is 5.01. The van der Waals surface area contributed by atoms with Gasteiger partial charge in [0.25, 0.3) is 5.91 Å².